The molecule has 1 fully saturated rings. The van der Waals surface area contributed by atoms with Crippen molar-refractivity contribution in [3.63, 3.8) is 0 Å². The lowest BCUT2D eigenvalue weighted by Crippen LogP contribution is -2.58. The lowest BCUT2D eigenvalue weighted by molar-refractivity contribution is -0.152. The van der Waals surface area contributed by atoms with E-state index in [1.165, 1.54) is 6.08 Å². The highest BCUT2D eigenvalue weighted by atomic mass is 35.5. The van der Waals surface area contributed by atoms with Crippen molar-refractivity contribution >= 4 is 29.1 Å². The number of alkyl halides is 2. The Hall–Kier alpha value is -2.53. The first-order valence-corrected chi connectivity index (χ1v) is 12.4. The Morgan fingerprint density at radius 3 is 2.62 bits per heavy atom. The molecule has 0 unspecified atom stereocenters. The number of benzene rings is 1. The van der Waals surface area contributed by atoms with Gasteiger partial charge >= 0.3 is 5.97 Å². The molecule has 178 valence electrons. The summed E-state index contributed by atoms with van der Waals surface area (Å²) in [4.78, 5) is 38.4. The zero-order chi connectivity index (χ0) is 24.3. The SMILES string of the molecule is C[C@]12C=CC(=O)C=C1CCC1=C2[C@@H](F)C[C@@]2(C)[C@H]1CC[C@]2(OC(=O)c1ccccc1)C(=O)CCl. The molecule has 1 aromatic rings. The van der Waals surface area contributed by atoms with Gasteiger partial charge in [-0.2, -0.15) is 0 Å². The van der Waals surface area contributed by atoms with E-state index in [-0.39, 0.29) is 29.8 Å². The third kappa shape index (κ3) is 3.12. The number of rotatable bonds is 4. The maximum absolute atomic E-state index is 16.2. The maximum Gasteiger partial charge on any atom is 0.339 e. The predicted octanol–water partition coefficient (Wildman–Crippen LogP) is 5.71. The summed E-state index contributed by atoms with van der Waals surface area (Å²) in [5.74, 6) is -1.43. The fourth-order valence-electron chi connectivity index (χ4n) is 7.10. The normalized spacial score (nSPS) is 36.4. The summed E-state index contributed by atoms with van der Waals surface area (Å²) in [5.41, 5.74) is 0.00459. The average Bonchev–Trinajstić information content (AvgIpc) is 3.11. The van der Waals surface area contributed by atoms with Crippen LogP contribution in [0, 0.1) is 16.7 Å². The minimum Gasteiger partial charge on any atom is -0.447 e. The number of carbonyl (C=O) groups is 3. The van der Waals surface area contributed by atoms with Crippen LogP contribution in [0.1, 0.15) is 56.3 Å². The van der Waals surface area contributed by atoms with Crippen LogP contribution in [-0.4, -0.2) is 35.2 Å². The van der Waals surface area contributed by atoms with Gasteiger partial charge in [0.1, 0.15) is 6.17 Å². The summed E-state index contributed by atoms with van der Waals surface area (Å²) >= 11 is 6.05. The van der Waals surface area contributed by atoms with Gasteiger partial charge in [-0.1, -0.05) is 42.3 Å². The van der Waals surface area contributed by atoms with E-state index in [0.29, 0.717) is 31.2 Å². The molecule has 0 spiro atoms. The van der Waals surface area contributed by atoms with E-state index in [2.05, 4.69) is 0 Å². The number of hydrogen-bond acceptors (Lipinski definition) is 4. The molecule has 0 radical (unpaired) electrons. The molecule has 0 bridgehead atoms. The molecule has 0 saturated heterocycles. The summed E-state index contributed by atoms with van der Waals surface area (Å²) in [5, 5.41) is 0. The highest BCUT2D eigenvalue weighted by Gasteiger charge is 2.67. The van der Waals surface area contributed by atoms with E-state index < -0.39 is 28.6 Å². The van der Waals surface area contributed by atoms with Crippen LogP contribution in [0.15, 0.2) is 65.3 Å². The number of fused-ring (bicyclic) bond motifs is 4. The quantitative estimate of drug-likeness (QED) is 0.313. The van der Waals surface area contributed by atoms with Gasteiger partial charge in [-0.05, 0) is 74.8 Å². The van der Waals surface area contributed by atoms with Crippen molar-refractivity contribution < 1.29 is 23.5 Å². The fraction of sp³-hybridized carbons (Fsp3) is 0.464. The first-order chi connectivity index (χ1) is 16.2. The molecule has 34 heavy (non-hydrogen) atoms. The molecule has 0 amide bonds. The van der Waals surface area contributed by atoms with E-state index in [1.807, 2.05) is 19.9 Å². The van der Waals surface area contributed by atoms with Crippen LogP contribution in [0.25, 0.3) is 0 Å². The number of halogens is 2. The van der Waals surface area contributed by atoms with Crippen LogP contribution < -0.4 is 0 Å². The Labute approximate surface area is 203 Å². The smallest absolute Gasteiger partial charge is 0.339 e. The van der Waals surface area contributed by atoms with Crippen LogP contribution in [0.2, 0.25) is 0 Å². The fourth-order valence-corrected chi connectivity index (χ4v) is 7.32. The van der Waals surface area contributed by atoms with Crippen molar-refractivity contribution in [1.29, 1.82) is 0 Å². The molecular weight excluding hydrogens is 455 g/mol. The van der Waals surface area contributed by atoms with Crippen molar-refractivity contribution in [2.24, 2.45) is 16.7 Å². The molecule has 0 aromatic heterocycles. The van der Waals surface area contributed by atoms with Crippen LogP contribution in [-0.2, 0) is 14.3 Å². The standard InChI is InChI=1S/C28H28ClFO4/c1-26-12-10-19(31)14-18(26)8-9-20-21-11-13-28(23(32)16-29,27(21,2)15-22(30)24(20)26)34-25(33)17-6-4-3-5-7-17/h3-7,10,12,14,21-22H,8-9,11,13,15-16H2,1-2H3/t21-,22-,26-,27-,28-/m0/s1. The van der Waals surface area contributed by atoms with Crippen LogP contribution in [0.5, 0.6) is 0 Å². The number of ether oxygens (including phenoxy) is 1. The number of allylic oxidation sites excluding steroid dienone is 6. The molecule has 4 nitrogen and oxygen atoms in total. The summed E-state index contributed by atoms with van der Waals surface area (Å²) in [6.07, 6.45) is 5.97. The zero-order valence-corrected chi connectivity index (χ0v) is 20.2. The minimum absolute atomic E-state index is 0.0614. The van der Waals surface area contributed by atoms with Gasteiger partial charge in [0.25, 0.3) is 0 Å². The van der Waals surface area contributed by atoms with Gasteiger partial charge in [-0.15, -0.1) is 11.6 Å². The van der Waals surface area contributed by atoms with E-state index in [4.69, 9.17) is 16.3 Å². The van der Waals surface area contributed by atoms with E-state index >= 15 is 4.39 Å². The highest BCUT2D eigenvalue weighted by Crippen LogP contribution is 2.66. The average molecular weight is 483 g/mol. The molecular formula is C28H28ClFO4. The number of ketones is 2. The predicted molar refractivity (Wildman–Crippen MR) is 127 cm³/mol. The second-order valence-corrected chi connectivity index (χ2v) is 10.6. The van der Waals surface area contributed by atoms with E-state index in [0.717, 1.165) is 16.7 Å². The number of hydrogen-bond donors (Lipinski definition) is 0. The van der Waals surface area contributed by atoms with Gasteiger partial charge < -0.3 is 4.74 Å². The van der Waals surface area contributed by atoms with Gasteiger partial charge in [-0.25, -0.2) is 9.18 Å². The van der Waals surface area contributed by atoms with Gasteiger partial charge in [0.15, 0.2) is 17.2 Å². The Morgan fingerprint density at radius 2 is 1.91 bits per heavy atom. The lowest BCUT2D eigenvalue weighted by Gasteiger charge is -2.53. The van der Waals surface area contributed by atoms with Gasteiger partial charge in [0.2, 0.25) is 0 Å². The summed E-state index contributed by atoms with van der Waals surface area (Å²) in [7, 11) is 0. The first kappa shape index (κ1) is 23.2. The molecule has 4 aliphatic rings. The minimum atomic E-state index is -1.48. The summed E-state index contributed by atoms with van der Waals surface area (Å²) in [6, 6.07) is 8.55. The highest BCUT2D eigenvalue weighted by molar-refractivity contribution is 6.29. The van der Waals surface area contributed by atoms with Crippen molar-refractivity contribution in [3.05, 3.63) is 70.8 Å². The van der Waals surface area contributed by atoms with Crippen LogP contribution in [0.4, 0.5) is 4.39 Å². The molecule has 5 atom stereocenters. The molecule has 1 aromatic carbocycles. The molecule has 0 N–H and O–H groups in total. The second kappa shape index (κ2) is 8.01. The maximum atomic E-state index is 16.2. The van der Waals surface area contributed by atoms with E-state index in [9.17, 15) is 14.4 Å². The monoisotopic (exact) mass is 482 g/mol. The Morgan fingerprint density at radius 1 is 1.18 bits per heavy atom. The molecule has 6 heteroatoms. The Bertz CT molecular complexity index is 1170. The first-order valence-electron chi connectivity index (χ1n) is 11.9. The number of esters is 1. The molecule has 0 heterocycles. The zero-order valence-electron chi connectivity index (χ0n) is 19.4. The van der Waals surface area contributed by atoms with Crippen molar-refractivity contribution in [3.8, 4) is 0 Å². The molecule has 1 saturated carbocycles. The van der Waals surface area contributed by atoms with Crippen molar-refractivity contribution in [2.45, 2.75) is 57.7 Å². The molecule has 5 rings (SSSR count). The Balaban J connectivity index is 1.59. The third-order valence-corrected chi connectivity index (χ3v) is 9.04. The lowest BCUT2D eigenvalue weighted by atomic mass is 9.53. The number of Topliss-reactive ketones (excluding diaryl/α,β-unsaturated/α-hetero) is 1. The topological polar surface area (TPSA) is 60.4 Å². The van der Waals surface area contributed by atoms with Gasteiger partial charge in [0.05, 0.1) is 11.4 Å². The number of carbonyl (C=O) groups excluding carboxylic acids is 3. The third-order valence-electron chi connectivity index (χ3n) is 8.80. The second-order valence-electron chi connectivity index (χ2n) is 10.4. The summed E-state index contributed by atoms with van der Waals surface area (Å²) < 4.78 is 22.3. The van der Waals surface area contributed by atoms with Gasteiger partial charge in [-0.3, -0.25) is 9.59 Å². The summed E-state index contributed by atoms with van der Waals surface area (Å²) in [6.45, 7) is 3.87. The van der Waals surface area contributed by atoms with Crippen LogP contribution in [0.3, 0.4) is 0 Å². The Kier molecular flexibility index (Phi) is 5.47. The largest absolute Gasteiger partial charge is 0.447 e. The van der Waals surface area contributed by atoms with Crippen molar-refractivity contribution in [2.75, 3.05) is 5.88 Å². The van der Waals surface area contributed by atoms with Crippen molar-refractivity contribution in [1.82, 2.24) is 0 Å². The van der Waals surface area contributed by atoms with E-state index in [1.54, 1.807) is 36.4 Å². The van der Waals surface area contributed by atoms with Gasteiger partial charge in [0, 0.05) is 10.8 Å². The molecule has 4 aliphatic carbocycles. The molecule has 0 aliphatic heterocycles. The van der Waals surface area contributed by atoms with Crippen LogP contribution >= 0.6 is 11.6 Å².